The Kier molecular flexibility index (Phi) is 5.56. The molecule has 36 heavy (non-hydrogen) atoms. The lowest BCUT2D eigenvalue weighted by atomic mass is 9.63. The molecule has 4 aliphatic carbocycles. The number of rotatable bonds is 5. The van der Waals surface area contributed by atoms with Crippen LogP contribution in [0.4, 0.5) is 0 Å². The average Bonchev–Trinajstić information content (AvgIpc) is 3.65. The van der Waals surface area contributed by atoms with E-state index in [1.807, 2.05) is 0 Å². The van der Waals surface area contributed by atoms with Crippen LogP contribution >= 0.6 is 34.8 Å². The molecular formula is C27H21Cl3N2O4. The van der Waals surface area contributed by atoms with Gasteiger partial charge in [0.05, 0.1) is 21.9 Å². The van der Waals surface area contributed by atoms with Crippen LogP contribution in [0.3, 0.4) is 0 Å². The maximum absolute atomic E-state index is 13.9. The van der Waals surface area contributed by atoms with Gasteiger partial charge in [0, 0.05) is 16.1 Å². The molecule has 5 aliphatic rings. The number of hydrogen-bond acceptors (Lipinski definition) is 4. The zero-order valence-electron chi connectivity index (χ0n) is 19.1. The van der Waals surface area contributed by atoms with E-state index < -0.39 is 41.4 Å². The number of Topliss-reactive ketones (excluding diaryl/α,β-unsaturated/α-hetero) is 1. The molecule has 9 heteroatoms. The van der Waals surface area contributed by atoms with Crippen LogP contribution in [-0.4, -0.2) is 39.6 Å². The second-order valence-electron chi connectivity index (χ2n) is 9.97. The number of hydrogen-bond donors (Lipinski definition) is 0. The van der Waals surface area contributed by atoms with Crippen molar-refractivity contribution in [3.8, 4) is 0 Å². The summed E-state index contributed by atoms with van der Waals surface area (Å²) in [6, 6.07) is 9.39. The summed E-state index contributed by atoms with van der Waals surface area (Å²) in [5.74, 6) is -2.23. The molecule has 2 bridgehead atoms. The Labute approximate surface area is 222 Å². The summed E-state index contributed by atoms with van der Waals surface area (Å²) in [6.45, 7) is 1.51. The Morgan fingerprint density at radius 2 is 1.42 bits per heavy atom. The van der Waals surface area contributed by atoms with Crippen molar-refractivity contribution in [1.29, 1.82) is 0 Å². The summed E-state index contributed by atoms with van der Waals surface area (Å²) in [4.78, 5) is 55.0. The highest BCUT2D eigenvalue weighted by molar-refractivity contribution is 6.42. The molecule has 0 N–H and O–H groups in total. The first kappa shape index (κ1) is 23.7. The highest BCUT2D eigenvalue weighted by Crippen LogP contribution is 2.65. The van der Waals surface area contributed by atoms with Crippen molar-refractivity contribution < 1.29 is 19.2 Å². The number of allylic oxidation sites excluding steroid dienone is 2. The van der Waals surface area contributed by atoms with Crippen LogP contribution in [0.25, 0.3) is 0 Å². The molecule has 0 spiro atoms. The minimum atomic E-state index is -1.15. The first-order valence-corrected chi connectivity index (χ1v) is 13.0. The van der Waals surface area contributed by atoms with Gasteiger partial charge >= 0.3 is 0 Å². The molecule has 3 fully saturated rings. The Morgan fingerprint density at radius 3 is 1.97 bits per heavy atom. The maximum Gasteiger partial charge on any atom is 0.273 e. The summed E-state index contributed by atoms with van der Waals surface area (Å²) >= 11 is 18.2. The van der Waals surface area contributed by atoms with E-state index >= 15 is 0 Å². The molecule has 1 heterocycles. The fourth-order valence-electron chi connectivity index (χ4n) is 6.32. The molecule has 0 unspecified atom stereocenters. The molecule has 7 rings (SSSR count). The van der Waals surface area contributed by atoms with Crippen molar-refractivity contribution >= 4 is 58.3 Å². The Morgan fingerprint density at radius 1 is 0.861 bits per heavy atom. The van der Waals surface area contributed by atoms with Crippen molar-refractivity contribution in [3.05, 3.63) is 80.8 Å². The van der Waals surface area contributed by atoms with Crippen LogP contribution in [0.2, 0.25) is 15.1 Å². The van der Waals surface area contributed by atoms with Gasteiger partial charge < -0.3 is 0 Å². The fraction of sp³-hybridized carbons (Fsp3) is 0.333. The first-order valence-electron chi connectivity index (χ1n) is 11.8. The second-order valence-corrected chi connectivity index (χ2v) is 11.2. The van der Waals surface area contributed by atoms with Crippen LogP contribution in [0.1, 0.15) is 34.1 Å². The monoisotopic (exact) mass is 542 g/mol. The Bertz CT molecular complexity index is 1320. The van der Waals surface area contributed by atoms with Gasteiger partial charge in [-0.1, -0.05) is 47.0 Å². The van der Waals surface area contributed by atoms with Crippen molar-refractivity contribution in [2.45, 2.75) is 19.4 Å². The Hall–Kier alpha value is -2.67. The quantitative estimate of drug-likeness (QED) is 0.290. The van der Waals surface area contributed by atoms with Crippen LogP contribution in [0.5, 0.6) is 0 Å². The molecule has 2 saturated carbocycles. The lowest BCUT2D eigenvalue weighted by Gasteiger charge is -2.37. The van der Waals surface area contributed by atoms with Crippen molar-refractivity contribution in [1.82, 2.24) is 10.0 Å². The van der Waals surface area contributed by atoms with E-state index in [4.69, 9.17) is 34.8 Å². The summed E-state index contributed by atoms with van der Waals surface area (Å²) < 4.78 is 0. The van der Waals surface area contributed by atoms with Crippen LogP contribution in [-0.2, 0) is 9.59 Å². The fourth-order valence-corrected chi connectivity index (χ4v) is 6.75. The van der Waals surface area contributed by atoms with E-state index in [2.05, 4.69) is 12.2 Å². The van der Waals surface area contributed by atoms with Gasteiger partial charge in [-0.25, -0.2) is 5.01 Å². The maximum atomic E-state index is 13.9. The molecule has 0 aromatic heterocycles. The first-order chi connectivity index (χ1) is 17.2. The number of imide groups is 1. The van der Waals surface area contributed by atoms with E-state index in [0.717, 1.165) is 16.4 Å². The molecule has 1 aliphatic heterocycles. The van der Waals surface area contributed by atoms with Gasteiger partial charge in [0.25, 0.3) is 17.7 Å². The summed E-state index contributed by atoms with van der Waals surface area (Å²) in [6.07, 6.45) is 5.14. The number of benzene rings is 2. The highest BCUT2D eigenvalue weighted by atomic mass is 35.5. The molecule has 184 valence electrons. The second kappa shape index (κ2) is 8.44. The average molecular weight is 544 g/mol. The smallest absolute Gasteiger partial charge is 0.273 e. The third kappa shape index (κ3) is 3.46. The summed E-state index contributed by atoms with van der Waals surface area (Å²) in [5, 5.41) is 2.79. The van der Waals surface area contributed by atoms with Crippen LogP contribution < -0.4 is 0 Å². The molecule has 2 aromatic carbocycles. The lowest BCUT2D eigenvalue weighted by Crippen LogP contribution is -2.56. The van der Waals surface area contributed by atoms with E-state index in [9.17, 15) is 19.2 Å². The number of halogens is 3. The molecular weight excluding hydrogens is 523 g/mol. The van der Waals surface area contributed by atoms with Crippen LogP contribution in [0.15, 0.2) is 54.6 Å². The standard InChI is InChI=1S/C27H21Cl3N2O4/c1-12(24(33)13-2-5-15(28)6-3-13)31(25(34)14-4-9-20(29)21(30)10-14)32-26(35)22-16-7-8-17(19-11-18(16)19)23(22)27(32)36/h2-10,12,16-19,22-23H,11H2,1H3/t12-,16+,17+,18+,19+,22-,23+/m1/s1. The lowest BCUT2D eigenvalue weighted by molar-refractivity contribution is -0.156. The zero-order valence-corrected chi connectivity index (χ0v) is 21.4. The van der Waals surface area contributed by atoms with Gasteiger partial charge in [-0.05, 0) is 79.5 Å². The topological polar surface area (TPSA) is 74.8 Å². The van der Waals surface area contributed by atoms with Gasteiger partial charge in [-0.15, -0.1) is 0 Å². The number of ketones is 1. The normalized spacial score (nSPS) is 30.2. The predicted octanol–water partition coefficient (Wildman–Crippen LogP) is 5.33. The number of hydrazine groups is 1. The largest absolute Gasteiger partial charge is 0.292 e. The molecule has 2 aromatic rings. The zero-order chi connectivity index (χ0) is 25.5. The van der Waals surface area contributed by atoms with Gasteiger partial charge in [-0.3, -0.25) is 19.2 Å². The number of nitrogens with zero attached hydrogens (tertiary/aromatic N) is 2. The predicted molar refractivity (Wildman–Crippen MR) is 134 cm³/mol. The minimum absolute atomic E-state index is 0.0179. The van der Waals surface area contributed by atoms with Gasteiger partial charge in [0.1, 0.15) is 6.04 Å². The van der Waals surface area contributed by atoms with Gasteiger partial charge in [0.2, 0.25) is 0 Å². The number of carbonyl (C=O) groups excluding carboxylic acids is 4. The Balaban J connectivity index is 1.41. The van der Waals surface area contributed by atoms with Gasteiger partial charge in [0.15, 0.2) is 5.78 Å². The minimum Gasteiger partial charge on any atom is -0.292 e. The summed E-state index contributed by atoms with van der Waals surface area (Å²) in [5.41, 5.74) is 0.415. The van der Waals surface area contributed by atoms with Crippen LogP contribution in [0, 0.1) is 35.5 Å². The van der Waals surface area contributed by atoms with Gasteiger partial charge in [-0.2, -0.15) is 5.01 Å². The SMILES string of the molecule is C[C@H](C(=O)c1ccc(Cl)cc1)N(C(=O)c1ccc(Cl)c(Cl)c1)N1C(=O)[C@@H]2[C@H]3C=C[C@@H]([C@@H]4C[C@@H]34)[C@@H]2C1=O. The molecule has 3 amide bonds. The highest BCUT2D eigenvalue weighted by Gasteiger charge is 2.68. The van der Waals surface area contributed by atoms with E-state index in [1.54, 1.807) is 24.3 Å². The summed E-state index contributed by atoms with van der Waals surface area (Å²) in [7, 11) is 0. The van der Waals surface area contributed by atoms with Crippen molar-refractivity contribution in [2.24, 2.45) is 35.5 Å². The molecule has 0 radical (unpaired) electrons. The molecule has 6 nitrogen and oxygen atoms in total. The number of amides is 3. The third-order valence-corrected chi connectivity index (χ3v) is 9.10. The number of carbonyl (C=O) groups is 4. The van der Waals surface area contributed by atoms with E-state index in [1.165, 1.54) is 25.1 Å². The molecule has 7 atom stereocenters. The third-order valence-electron chi connectivity index (χ3n) is 8.10. The molecule has 1 saturated heterocycles. The van der Waals surface area contributed by atoms with Crippen molar-refractivity contribution in [2.75, 3.05) is 0 Å². The van der Waals surface area contributed by atoms with E-state index in [-0.39, 0.29) is 27.4 Å². The van der Waals surface area contributed by atoms with Crippen molar-refractivity contribution in [3.63, 3.8) is 0 Å². The van der Waals surface area contributed by atoms with E-state index in [0.29, 0.717) is 22.4 Å².